The predicted octanol–water partition coefficient (Wildman–Crippen LogP) is 2.29. The molecule has 0 spiro atoms. The maximum atomic E-state index is 11.1. The van der Waals surface area contributed by atoms with Crippen molar-refractivity contribution < 1.29 is 9.90 Å². The van der Waals surface area contributed by atoms with Crippen LogP contribution >= 0.6 is 0 Å². The highest BCUT2D eigenvalue weighted by atomic mass is 16.4. The second kappa shape index (κ2) is 3.93. The molecular weight excluding hydrogens is 190 g/mol. The zero-order valence-corrected chi connectivity index (χ0v) is 9.61. The van der Waals surface area contributed by atoms with Gasteiger partial charge in [0.2, 0.25) is 0 Å². The first-order valence-corrected chi connectivity index (χ1v) is 4.89. The zero-order valence-electron chi connectivity index (χ0n) is 9.61. The van der Waals surface area contributed by atoms with Crippen molar-refractivity contribution in [3.05, 3.63) is 29.8 Å². The van der Waals surface area contributed by atoms with Crippen LogP contribution in [-0.4, -0.2) is 23.7 Å². The van der Waals surface area contributed by atoms with E-state index in [1.54, 1.807) is 25.8 Å². The standard InChI is InChI=1S/C12H17NO2/c1-9-5-7-10(8-6-9)13(4)12(2,3)11(14)15/h5-8H,1-4H3,(H,14,15). The van der Waals surface area contributed by atoms with Crippen LogP contribution in [0.25, 0.3) is 0 Å². The molecule has 0 amide bonds. The molecule has 0 aliphatic heterocycles. The number of hydrogen-bond donors (Lipinski definition) is 1. The van der Waals surface area contributed by atoms with Gasteiger partial charge in [0.25, 0.3) is 0 Å². The first-order valence-electron chi connectivity index (χ1n) is 4.89. The molecule has 3 nitrogen and oxygen atoms in total. The summed E-state index contributed by atoms with van der Waals surface area (Å²) in [7, 11) is 1.79. The van der Waals surface area contributed by atoms with E-state index >= 15 is 0 Å². The number of likely N-dealkylation sites (N-methyl/N-ethyl adjacent to an activating group) is 1. The summed E-state index contributed by atoms with van der Waals surface area (Å²) in [5.74, 6) is -0.828. The van der Waals surface area contributed by atoms with E-state index in [1.807, 2.05) is 31.2 Å². The largest absolute Gasteiger partial charge is 0.480 e. The van der Waals surface area contributed by atoms with Crippen LogP contribution in [-0.2, 0) is 4.79 Å². The molecule has 0 aliphatic rings. The molecular formula is C12H17NO2. The second-order valence-electron chi connectivity index (χ2n) is 4.26. The average Bonchev–Trinajstić information content (AvgIpc) is 2.17. The summed E-state index contributed by atoms with van der Waals surface area (Å²) in [4.78, 5) is 12.8. The maximum absolute atomic E-state index is 11.1. The molecule has 1 aromatic carbocycles. The number of anilines is 1. The normalized spacial score (nSPS) is 11.2. The van der Waals surface area contributed by atoms with Crippen LogP contribution in [0, 0.1) is 6.92 Å². The Kier molecular flexibility index (Phi) is 3.03. The highest BCUT2D eigenvalue weighted by Gasteiger charge is 2.32. The monoisotopic (exact) mass is 207 g/mol. The number of aliphatic carboxylic acids is 1. The van der Waals surface area contributed by atoms with Crippen molar-refractivity contribution in [2.45, 2.75) is 26.3 Å². The number of rotatable bonds is 3. The molecule has 0 aliphatic carbocycles. The topological polar surface area (TPSA) is 40.5 Å². The molecule has 82 valence electrons. The Bertz CT molecular complexity index is 354. The van der Waals surface area contributed by atoms with Gasteiger partial charge in [0.1, 0.15) is 5.54 Å². The van der Waals surface area contributed by atoms with E-state index in [4.69, 9.17) is 5.11 Å². The number of nitrogens with zero attached hydrogens (tertiary/aromatic N) is 1. The van der Waals surface area contributed by atoms with Crippen molar-refractivity contribution in [2.75, 3.05) is 11.9 Å². The number of carboxylic acids is 1. The summed E-state index contributed by atoms with van der Waals surface area (Å²) >= 11 is 0. The van der Waals surface area contributed by atoms with Crippen LogP contribution < -0.4 is 4.90 Å². The van der Waals surface area contributed by atoms with Crippen molar-refractivity contribution in [2.24, 2.45) is 0 Å². The summed E-state index contributed by atoms with van der Waals surface area (Å²) in [6, 6.07) is 7.81. The van der Waals surface area contributed by atoms with E-state index in [0.29, 0.717) is 0 Å². The molecule has 0 bridgehead atoms. The van der Waals surface area contributed by atoms with Crippen molar-refractivity contribution in [1.29, 1.82) is 0 Å². The molecule has 1 aromatic rings. The van der Waals surface area contributed by atoms with Gasteiger partial charge in [0, 0.05) is 12.7 Å². The summed E-state index contributed by atoms with van der Waals surface area (Å²) in [5, 5.41) is 9.09. The van der Waals surface area contributed by atoms with Crippen molar-refractivity contribution >= 4 is 11.7 Å². The zero-order chi connectivity index (χ0) is 11.6. The average molecular weight is 207 g/mol. The molecule has 0 atom stereocenters. The summed E-state index contributed by atoms with van der Waals surface area (Å²) in [5.41, 5.74) is 1.18. The van der Waals surface area contributed by atoms with Crippen LogP contribution in [0.1, 0.15) is 19.4 Å². The van der Waals surface area contributed by atoms with E-state index in [1.165, 1.54) is 5.56 Å². The number of benzene rings is 1. The van der Waals surface area contributed by atoms with Crippen LogP contribution in [0.5, 0.6) is 0 Å². The third kappa shape index (κ3) is 2.29. The molecule has 1 rings (SSSR count). The molecule has 1 N–H and O–H groups in total. The SMILES string of the molecule is Cc1ccc(N(C)C(C)(C)C(=O)O)cc1. The first kappa shape index (κ1) is 11.6. The van der Waals surface area contributed by atoms with Crippen LogP contribution in [0.15, 0.2) is 24.3 Å². The van der Waals surface area contributed by atoms with Gasteiger partial charge in [-0.15, -0.1) is 0 Å². The molecule has 3 heteroatoms. The Morgan fingerprint density at radius 2 is 1.73 bits per heavy atom. The minimum atomic E-state index is -0.894. The van der Waals surface area contributed by atoms with E-state index in [2.05, 4.69) is 0 Å². The van der Waals surface area contributed by atoms with Gasteiger partial charge in [-0.25, -0.2) is 4.79 Å². The Morgan fingerprint density at radius 3 is 2.13 bits per heavy atom. The molecule has 0 aromatic heterocycles. The fraction of sp³-hybridized carbons (Fsp3) is 0.417. The molecule has 0 saturated heterocycles. The van der Waals surface area contributed by atoms with Gasteiger partial charge in [-0.3, -0.25) is 0 Å². The first-order chi connectivity index (χ1) is 6.85. The number of carbonyl (C=O) groups is 1. The van der Waals surface area contributed by atoms with E-state index < -0.39 is 11.5 Å². The Balaban J connectivity index is 2.99. The van der Waals surface area contributed by atoms with Crippen LogP contribution in [0.2, 0.25) is 0 Å². The smallest absolute Gasteiger partial charge is 0.328 e. The van der Waals surface area contributed by atoms with E-state index in [0.717, 1.165) is 5.69 Å². The second-order valence-corrected chi connectivity index (χ2v) is 4.26. The van der Waals surface area contributed by atoms with Crippen molar-refractivity contribution in [3.63, 3.8) is 0 Å². The Morgan fingerprint density at radius 1 is 1.27 bits per heavy atom. The molecule has 0 fully saturated rings. The molecule has 0 radical (unpaired) electrons. The summed E-state index contributed by atoms with van der Waals surface area (Å²) in [6.45, 7) is 5.39. The van der Waals surface area contributed by atoms with Gasteiger partial charge < -0.3 is 10.0 Å². The third-order valence-electron chi connectivity index (χ3n) is 2.78. The highest BCUT2D eigenvalue weighted by molar-refractivity contribution is 5.82. The third-order valence-corrected chi connectivity index (χ3v) is 2.78. The quantitative estimate of drug-likeness (QED) is 0.826. The number of hydrogen-bond acceptors (Lipinski definition) is 2. The van der Waals surface area contributed by atoms with E-state index in [-0.39, 0.29) is 0 Å². The predicted molar refractivity (Wildman–Crippen MR) is 61.3 cm³/mol. The lowest BCUT2D eigenvalue weighted by molar-refractivity contribution is -0.142. The van der Waals surface area contributed by atoms with E-state index in [9.17, 15) is 4.79 Å². The van der Waals surface area contributed by atoms with Gasteiger partial charge in [0.15, 0.2) is 0 Å². The summed E-state index contributed by atoms with van der Waals surface area (Å²) < 4.78 is 0. The fourth-order valence-electron chi connectivity index (χ4n) is 1.23. The fourth-order valence-corrected chi connectivity index (χ4v) is 1.23. The van der Waals surface area contributed by atoms with Gasteiger partial charge in [0.05, 0.1) is 0 Å². The van der Waals surface area contributed by atoms with Gasteiger partial charge in [-0.1, -0.05) is 17.7 Å². The lowest BCUT2D eigenvalue weighted by atomic mass is 10.0. The lowest BCUT2D eigenvalue weighted by Gasteiger charge is -2.33. The Hall–Kier alpha value is -1.51. The highest BCUT2D eigenvalue weighted by Crippen LogP contribution is 2.22. The van der Waals surface area contributed by atoms with Crippen LogP contribution in [0.4, 0.5) is 5.69 Å². The molecule has 0 saturated carbocycles. The summed E-state index contributed by atoms with van der Waals surface area (Å²) in [6.07, 6.45) is 0. The van der Waals surface area contributed by atoms with Gasteiger partial charge in [-0.05, 0) is 32.9 Å². The van der Waals surface area contributed by atoms with Crippen LogP contribution in [0.3, 0.4) is 0 Å². The Labute approximate surface area is 90.3 Å². The maximum Gasteiger partial charge on any atom is 0.328 e. The molecule has 0 unspecified atom stereocenters. The van der Waals surface area contributed by atoms with Crippen molar-refractivity contribution in [1.82, 2.24) is 0 Å². The molecule has 0 heterocycles. The van der Waals surface area contributed by atoms with Crippen molar-refractivity contribution in [3.8, 4) is 0 Å². The minimum absolute atomic E-state index is 0.828. The van der Waals surface area contributed by atoms with Gasteiger partial charge >= 0.3 is 5.97 Å². The number of carboxylic acid groups (broad SMARTS) is 1. The lowest BCUT2D eigenvalue weighted by Crippen LogP contribution is -2.48. The van der Waals surface area contributed by atoms with Gasteiger partial charge in [-0.2, -0.15) is 0 Å². The minimum Gasteiger partial charge on any atom is -0.480 e. The number of aryl methyl sites for hydroxylation is 1. The molecule has 15 heavy (non-hydrogen) atoms.